The first-order chi connectivity index (χ1) is 9.31. The molecule has 2 aromatic rings. The van der Waals surface area contributed by atoms with Crippen LogP contribution in [0.25, 0.3) is 10.6 Å². The maximum absolute atomic E-state index is 11.6. The summed E-state index contributed by atoms with van der Waals surface area (Å²) in [5.41, 5.74) is 2.02. The Kier molecular flexibility index (Phi) is 3.46. The summed E-state index contributed by atoms with van der Waals surface area (Å²) in [7, 11) is 0. The van der Waals surface area contributed by atoms with Crippen LogP contribution in [0.4, 0.5) is 5.69 Å². The van der Waals surface area contributed by atoms with Crippen LogP contribution >= 0.6 is 11.3 Å². The summed E-state index contributed by atoms with van der Waals surface area (Å²) in [5, 5.41) is 9.05. The molecule has 1 aliphatic carbocycles. The zero-order valence-electron chi connectivity index (χ0n) is 10.4. The Morgan fingerprint density at radius 1 is 1.42 bits per heavy atom. The normalized spacial score (nSPS) is 14.1. The molecule has 5 heteroatoms. The van der Waals surface area contributed by atoms with E-state index in [0.717, 1.165) is 29.1 Å². The SMILES string of the molecule is O=C(CNc1cccc(-c2nccs2)c1)NC1CC1. The molecule has 2 N–H and O–H groups in total. The van der Waals surface area contributed by atoms with Crippen molar-refractivity contribution >= 4 is 22.9 Å². The Bertz CT molecular complexity index is 564. The second-order valence-corrected chi connectivity index (χ2v) is 5.51. The first-order valence-electron chi connectivity index (χ1n) is 6.34. The third-order valence-electron chi connectivity index (χ3n) is 2.94. The fourth-order valence-electron chi connectivity index (χ4n) is 1.82. The number of thiazole rings is 1. The van der Waals surface area contributed by atoms with Gasteiger partial charge in [-0.2, -0.15) is 0 Å². The highest BCUT2D eigenvalue weighted by Gasteiger charge is 2.22. The van der Waals surface area contributed by atoms with Gasteiger partial charge in [0.05, 0.1) is 6.54 Å². The summed E-state index contributed by atoms with van der Waals surface area (Å²) in [4.78, 5) is 15.9. The lowest BCUT2D eigenvalue weighted by Gasteiger charge is -2.07. The molecule has 98 valence electrons. The fourth-order valence-corrected chi connectivity index (χ4v) is 2.45. The largest absolute Gasteiger partial charge is 0.376 e. The fraction of sp³-hybridized carbons (Fsp3) is 0.286. The molecule has 19 heavy (non-hydrogen) atoms. The maximum atomic E-state index is 11.6. The molecular weight excluding hydrogens is 258 g/mol. The number of aromatic nitrogens is 1. The number of carbonyl (C=O) groups excluding carboxylic acids is 1. The Labute approximate surface area is 115 Å². The molecule has 3 rings (SSSR count). The number of rotatable bonds is 5. The van der Waals surface area contributed by atoms with Crippen LogP contribution < -0.4 is 10.6 Å². The van der Waals surface area contributed by atoms with Gasteiger partial charge in [-0.25, -0.2) is 4.98 Å². The minimum Gasteiger partial charge on any atom is -0.376 e. The lowest BCUT2D eigenvalue weighted by atomic mass is 10.2. The van der Waals surface area contributed by atoms with E-state index < -0.39 is 0 Å². The average molecular weight is 273 g/mol. The molecule has 1 aliphatic rings. The van der Waals surface area contributed by atoms with Gasteiger partial charge in [-0.3, -0.25) is 4.79 Å². The first kappa shape index (κ1) is 12.2. The minimum absolute atomic E-state index is 0.0575. The van der Waals surface area contributed by atoms with Crippen molar-refractivity contribution in [2.45, 2.75) is 18.9 Å². The lowest BCUT2D eigenvalue weighted by Crippen LogP contribution is -2.31. The van der Waals surface area contributed by atoms with Crippen molar-refractivity contribution in [2.24, 2.45) is 0 Å². The monoisotopic (exact) mass is 273 g/mol. The van der Waals surface area contributed by atoms with Crippen LogP contribution in [0.3, 0.4) is 0 Å². The standard InChI is InChI=1S/C14H15N3OS/c18-13(17-11-4-5-11)9-16-12-3-1-2-10(8-12)14-15-6-7-19-14/h1-3,6-8,11,16H,4-5,9H2,(H,17,18). The highest BCUT2D eigenvalue weighted by Crippen LogP contribution is 2.24. The topological polar surface area (TPSA) is 54.0 Å². The number of carbonyl (C=O) groups is 1. The molecule has 4 nitrogen and oxygen atoms in total. The summed E-state index contributed by atoms with van der Waals surface area (Å²) in [6.45, 7) is 0.317. The van der Waals surface area contributed by atoms with E-state index in [0.29, 0.717) is 12.6 Å². The summed E-state index contributed by atoms with van der Waals surface area (Å²) < 4.78 is 0. The Balaban J connectivity index is 1.61. The number of nitrogens with one attached hydrogen (secondary N) is 2. The number of nitrogens with zero attached hydrogens (tertiary/aromatic N) is 1. The average Bonchev–Trinajstić information content (AvgIpc) is 3.07. The van der Waals surface area contributed by atoms with E-state index in [9.17, 15) is 4.79 Å². The molecule has 0 saturated heterocycles. The number of benzene rings is 1. The van der Waals surface area contributed by atoms with Gasteiger partial charge < -0.3 is 10.6 Å². The van der Waals surface area contributed by atoms with Gasteiger partial charge in [0.2, 0.25) is 5.91 Å². The van der Waals surface area contributed by atoms with Crippen LogP contribution in [-0.2, 0) is 4.79 Å². The van der Waals surface area contributed by atoms with Crippen molar-refractivity contribution < 1.29 is 4.79 Å². The van der Waals surface area contributed by atoms with E-state index in [1.54, 1.807) is 17.5 Å². The molecule has 0 bridgehead atoms. The second kappa shape index (κ2) is 5.40. The van der Waals surface area contributed by atoms with Crippen LogP contribution in [0, 0.1) is 0 Å². The lowest BCUT2D eigenvalue weighted by molar-refractivity contribution is -0.119. The molecule has 1 amide bonds. The number of anilines is 1. The molecule has 1 heterocycles. The van der Waals surface area contributed by atoms with Crippen molar-refractivity contribution in [3.63, 3.8) is 0 Å². The number of amides is 1. The zero-order valence-corrected chi connectivity index (χ0v) is 11.2. The molecule has 0 aliphatic heterocycles. The van der Waals surface area contributed by atoms with Crippen molar-refractivity contribution in [1.29, 1.82) is 0 Å². The van der Waals surface area contributed by atoms with E-state index >= 15 is 0 Å². The Morgan fingerprint density at radius 2 is 2.32 bits per heavy atom. The highest BCUT2D eigenvalue weighted by atomic mass is 32.1. The maximum Gasteiger partial charge on any atom is 0.239 e. The molecule has 1 aromatic carbocycles. The van der Waals surface area contributed by atoms with Gasteiger partial charge in [0.25, 0.3) is 0 Å². The molecular formula is C14H15N3OS. The van der Waals surface area contributed by atoms with E-state index in [4.69, 9.17) is 0 Å². The minimum atomic E-state index is 0.0575. The Morgan fingerprint density at radius 3 is 3.05 bits per heavy atom. The molecule has 0 unspecified atom stereocenters. The molecule has 1 aromatic heterocycles. The van der Waals surface area contributed by atoms with Crippen molar-refractivity contribution in [2.75, 3.05) is 11.9 Å². The van der Waals surface area contributed by atoms with Crippen LogP contribution in [0.2, 0.25) is 0 Å². The third kappa shape index (κ3) is 3.32. The van der Waals surface area contributed by atoms with Gasteiger partial charge >= 0.3 is 0 Å². The van der Waals surface area contributed by atoms with Gasteiger partial charge in [-0.1, -0.05) is 12.1 Å². The Hall–Kier alpha value is -1.88. The number of hydrogen-bond acceptors (Lipinski definition) is 4. The van der Waals surface area contributed by atoms with E-state index in [2.05, 4.69) is 15.6 Å². The second-order valence-electron chi connectivity index (χ2n) is 4.61. The van der Waals surface area contributed by atoms with Crippen LogP contribution in [0.1, 0.15) is 12.8 Å². The summed E-state index contributed by atoms with van der Waals surface area (Å²) in [6, 6.07) is 8.38. The summed E-state index contributed by atoms with van der Waals surface area (Å²) in [6.07, 6.45) is 4.03. The molecule has 1 fully saturated rings. The van der Waals surface area contributed by atoms with Gasteiger partial charge in [0.15, 0.2) is 0 Å². The first-order valence-corrected chi connectivity index (χ1v) is 7.22. The smallest absolute Gasteiger partial charge is 0.239 e. The van der Waals surface area contributed by atoms with Gasteiger partial charge in [-0.15, -0.1) is 11.3 Å². The van der Waals surface area contributed by atoms with E-state index in [1.165, 1.54) is 0 Å². The summed E-state index contributed by atoms with van der Waals surface area (Å²) >= 11 is 1.61. The van der Waals surface area contributed by atoms with Crippen LogP contribution in [0.15, 0.2) is 35.8 Å². The third-order valence-corrected chi connectivity index (χ3v) is 3.76. The van der Waals surface area contributed by atoms with Gasteiger partial charge in [-0.05, 0) is 25.0 Å². The number of hydrogen-bond donors (Lipinski definition) is 2. The predicted octanol–water partition coefficient (Wildman–Crippen LogP) is 2.50. The molecule has 0 spiro atoms. The zero-order chi connectivity index (χ0) is 13.1. The molecule has 0 atom stereocenters. The van der Waals surface area contributed by atoms with Crippen molar-refractivity contribution in [3.8, 4) is 10.6 Å². The predicted molar refractivity (Wildman–Crippen MR) is 77.2 cm³/mol. The molecule has 0 radical (unpaired) electrons. The molecule has 1 saturated carbocycles. The van der Waals surface area contributed by atoms with E-state index in [1.807, 2.05) is 29.6 Å². The van der Waals surface area contributed by atoms with Gasteiger partial charge in [0, 0.05) is 28.9 Å². The summed E-state index contributed by atoms with van der Waals surface area (Å²) in [5.74, 6) is 0.0575. The van der Waals surface area contributed by atoms with Crippen molar-refractivity contribution in [1.82, 2.24) is 10.3 Å². The van der Waals surface area contributed by atoms with E-state index in [-0.39, 0.29) is 5.91 Å². The van der Waals surface area contributed by atoms with Crippen LogP contribution in [0.5, 0.6) is 0 Å². The van der Waals surface area contributed by atoms with Gasteiger partial charge in [0.1, 0.15) is 5.01 Å². The highest BCUT2D eigenvalue weighted by molar-refractivity contribution is 7.13. The quantitative estimate of drug-likeness (QED) is 0.880. The van der Waals surface area contributed by atoms with Crippen molar-refractivity contribution in [3.05, 3.63) is 35.8 Å². The van der Waals surface area contributed by atoms with Crippen LogP contribution in [-0.4, -0.2) is 23.5 Å².